The standard InChI is InChI=1S/C12H12FN3O4S/c1-7-10(12(17)18)11(15-14-7)21(19,20)16(2)9-6-4-3-5-8(9)13/h3-6H,1-2H3,(H,14,15)(H,17,18). The number of sulfonamides is 1. The van der Waals surface area contributed by atoms with E-state index in [0.29, 0.717) is 4.31 Å². The molecule has 0 aliphatic carbocycles. The molecular formula is C12H12FN3O4S. The molecule has 2 rings (SSSR count). The first kappa shape index (κ1) is 15.0. The fraction of sp³-hybridized carbons (Fsp3) is 0.167. The lowest BCUT2D eigenvalue weighted by molar-refractivity contribution is 0.0692. The molecule has 2 aromatic rings. The number of rotatable bonds is 4. The number of anilines is 1. The number of halogens is 1. The molecule has 0 saturated carbocycles. The summed E-state index contributed by atoms with van der Waals surface area (Å²) in [7, 11) is -3.17. The third kappa shape index (κ3) is 2.47. The molecule has 0 unspecified atom stereocenters. The summed E-state index contributed by atoms with van der Waals surface area (Å²) in [5.41, 5.74) is -0.560. The molecule has 0 radical (unpaired) electrons. The normalized spacial score (nSPS) is 11.4. The second-order valence-electron chi connectivity index (χ2n) is 4.26. The van der Waals surface area contributed by atoms with Crippen molar-refractivity contribution in [2.75, 3.05) is 11.4 Å². The Morgan fingerprint density at radius 2 is 2.00 bits per heavy atom. The van der Waals surface area contributed by atoms with Crippen molar-refractivity contribution in [2.24, 2.45) is 0 Å². The van der Waals surface area contributed by atoms with Gasteiger partial charge in [-0.15, -0.1) is 0 Å². The van der Waals surface area contributed by atoms with Crippen LogP contribution < -0.4 is 4.31 Å². The van der Waals surface area contributed by atoms with Gasteiger partial charge < -0.3 is 5.11 Å². The van der Waals surface area contributed by atoms with Gasteiger partial charge in [0.2, 0.25) is 5.03 Å². The van der Waals surface area contributed by atoms with Gasteiger partial charge in [-0.25, -0.2) is 9.18 Å². The highest BCUT2D eigenvalue weighted by Crippen LogP contribution is 2.26. The topological polar surface area (TPSA) is 103 Å². The number of aromatic carboxylic acids is 1. The lowest BCUT2D eigenvalue weighted by Crippen LogP contribution is -2.29. The van der Waals surface area contributed by atoms with Crippen LogP contribution in [0, 0.1) is 12.7 Å². The van der Waals surface area contributed by atoms with Crippen molar-refractivity contribution < 1.29 is 22.7 Å². The molecule has 7 nitrogen and oxygen atoms in total. The SMILES string of the molecule is Cc1[nH]nc(S(=O)(=O)N(C)c2ccccc2F)c1C(=O)O. The average Bonchev–Trinajstić information content (AvgIpc) is 2.81. The van der Waals surface area contributed by atoms with E-state index in [2.05, 4.69) is 10.2 Å². The first-order valence-electron chi connectivity index (χ1n) is 5.78. The smallest absolute Gasteiger partial charge is 0.340 e. The van der Waals surface area contributed by atoms with Gasteiger partial charge in [0.15, 0.2) is 0 Å². The zero-order valence-corrected chi connectivity index (χ0v) is 12.0. The van der Waals surface area contributed by atoms with Crippen molar-refractivity contribution in [2.45, 2.75) is 11.9 Å². The Morgan fingerprint density at radius 3 is 2.57 bits per heavy atom. The summed E-state index contributed by atoms with van der Waals surface area (Å²) in [4.78, 5) is 11.2. The molecule has 0 spiro atoms. The minimum atomic E-state index is -4.30. The summed E-state index contributed by atoms with van der Waals surface area (Å²) >= 11 is 0. The van der Waals surface area contributed by atoms with Crippen LogP contribution in [0.4, 0.5) is 10.1 Å². The highest BCUT2D eigenvalue weighted by atomic mass is 32.2. The number of nitrogens with one attached hydrogen (secondary N) is 1. The maximum atomic E-state index is 13.7. The van der Waals surface area contributed by atoms with Gasteiger partial charge >= 0.3 is 5.97 Å². The number of para-hydroxylation sites is 1. The largest absolute Gasteiger partial charge is 0.478 e. The lowest BCUT2D eigenvalue weighted by Gasteiger charge is -2.18. The predicted molar refractivity (Wildman–Crippen MR) is 72.3 cm³/mol. The Labute approximate surface area is 120 Å². The molecule has 1 aromatic heterocycles. The molecule has 112 valence electrons. The molecule has 0 amide bonds. The molecule has 0 aliphatic heterocycles. The molecule has 9 heteroatoms. The third-order valence-electron chi connectivity index (χ3n) is 2.92. The van der Waals surface area contributed by atoms with E-state index in [1.165, 1.54) is 25.1 Å². The van der Waals surface area contributed by atoms with E-state index >= 15 is 0 Å². The minimum Gasteiger partial charge on any atom is -0.478 e. The first-order valence-corrected chi connectivity index (χ1v) is 7.22. The number of hydrogen-bond acceptors (Lipinski definition) is 4. The van der Waals surface area contributed by atoms with E-state index in [0.717, 1.165) is 13.1 Å². The number of carbonyl (C=O) groups is 1. The Morgan fingerprint density at radius 1 is 1.38 bits per heavy atom. The quantitative estimate of drug-likeness (QED) is 0.887. The van der Waals surface area contributed by atoms with Crippen molar-refractivity contribution in [3.05, 3.63) is 41.3 Å². The van der Waals surface area contributed by atoms with Gasteiger partial charge in [0.25, 0.3) is 10.0 Å². The van der Waals surface area contributed by atoms with E-state index in [9.17, 15) is 17.6 Å². The summed E-state index contributed by atoms with van der Waals surface area (Å²) in [5, 5.41) is 14.3. The number of aryl methyl sites for hydroxylation is 1. The van der Waals surface area contributed by atoms with Gasteiger partial charge in [-0.2, -0.15) is 13.5 Å². The van der Waals surface area contributed by atoms with Gasteiger partial charge in [-0.3, -0.25) is 9.40 Å². The predicted octanol–water partition coefficient (Wildman–Crippen LogP) is 1.38. The Balaban J connectivity index is 2.58. The summed E-state index contributed by atoms with van der Waals surface area (Å²) in [6.45, 7) is 1.39. The Bertz CT molecular complexity index is 801. The second kappa shape index (κ2) is 5.17. The molecule has 21 heavy (non-hydrogen) atoms. The van der Waals surface area contributed by atoms with E-state index in [4.69, 9.17) is 5.11 Å². The molecule has 0 bridgehead atoms. The van der Waals surface area contributed by atoms with Crippen LogP contribution in [-0.4, -0.2) is 36.7 Å². The van der Waals surface area contributed by atoms with Crippen LogP contribution >= 0.6 is 0 Å². The Hall–Kier alpha value is -2.42. The number of hydrogen-bond donors (Lipinski definition) is 2. The van der Waals surface area contributed by atoms with Gasteiger partial charge in [-0.05, 0) is 19.1 Å². The highest BCUT2D eigenvalue weighted by molar-refractivity contribution is 7.92. The van der Waals surface area contributed by atoms with E-state index < -0.39 is 32.4 Å². The highest BCUT2D eigenvalue weighted by Gasteiger charge is 2.32. The zero-order chi connectivity index (χ0) is 15.8. The van der Waals surface area contributed by atoms with Crippen molar-refractivity contribution in [1.29, 1.82) is 0 Å². The molecule has 0 atom stereocenters. The number of H-pyrrole nitrogens is 1. The van der Waals surface area contributed by atoms with Crippen LogP contribution in [0.2, 0.25) is 0 Å². The summed E-state index contributed by atoms with van der Waals surface area (Å²) < 4.78 is 39.2. The van der Waals surface area contributed by atoms with Gasteiger partial charge in [0.05, 0.1) is 5.69 Å². The molecular weight excluding hydrogens is 301 g/mol. The van der Waals surface area contributed by atoms with Gasteiger partial charge in [0, 0.05) is 12.7 Å². The fourth-order valence-corrected chi connectivity index (χ4v) is 3.14. The van der Waals surface area contributed by atoms with Crippen LogP contribution in [0.3, 0.4) is 0 Å². The zero-order valence-electron chi connectivity index (χ0n) is 11.2. The third-order valence-corrected chi connectivity index (χ3v) is 4.63. The monoisotopic (exact) mass is 313 g/mol. The van der Waals surface area contributed by atoms with Crippen LogP contribution in [-0.2, 0) is 10.0 Å². The summed E-state index contributed by atoms with van der Waals surface area (Å²) in [6.07, 6.45) is 0. The first-order chi connectivity index (χ1) is 9.76. The average molecular weight is 313 g/mol. The number of benzene rings is 1. The minimum absolute atomic E-state index is 0.100. The molecule has 2 N–H and O–H groups in total. The molecule has 1 aromatic carbocycles. The molecule has 0 aliphatic rings. The summed E-state index contributed by atoms with van der Waals surface area (Å²) in [6, 6.07) is 5.26. The maximum Gasteiger partial charge on any atom is 0.340 e. The number of carboxylic acid groups (broad SMARTS) is 1. The number of aromatic amines is 1. The molecule has 0 saturated heterocycles. The van der Waals surface area contributed by atoms with Crippen LogP contribution in [0.5, 0.6) is 0 Å². The molecule has 1 heterocycles. The van der Waals surface area contributed by atoms with E-state index in [1.807, 2.05) is 0 Å². The van der Waals surface area contributed by atoms with Crippen molar-refractivity contribution in [3.8, 4) is 0 Å². The molecule has 0 fully saturated rings. The maximum absolute atomic E-state index is 13.7. The summed E-state index contributed by atoms with van der Waals surface area (Å²) in [5.74, 6) is -2.17. The van der Waals surface area contributed by atoms with Crippen LogP contribution in [0.1, 0.15) is 16.1 Å². The van der Waals surface area contributed by atoms with Crippen molar-refractivity contribution in [3.63, 3.8) is 0 Å². The Kier molecular flexibility index (Phi) is 3.69. The van der Waals surface area contributed by atoms with Gasteiger partial charge in [0.1, 0.15) is 11.4 Å². The van der Waals surface area contributed by atoms with Crippen molar-refractivity contribution >= 4 is 21.7 Å². The van der Waals surface area contributed by atoms with Crippen LogP contribution in [0.15, 0.2) is 29.3 Å². The van der Waals surface area contributed by atoms with E-state index in [-0.39, 0.29) is 11.4 Å². The number of aromatic nitrogens is 2. The van der Waals surface area contributed by atoms with Crippen molar-refractivity contribution in [1.82, 2.24) is 10.2 Å². The number of carboxylic acids is 1. The fourth-order valence-electron chi connectivity index (χ4n) is 1.81. The van der Waals surface area contributed by atoms with E-state index in [1.54, 1.807) is 0 Å². The lowest BCUT2D eigenvalue weighted by atomic mass is 10.3. The van der Waals surface area contributed by atoms with Crippen LogP contribution in [0.25, 0.3) is 0 Å². The van der Waals surface area contributed by atoms with Gasteiger partial charge in [-0.1, -0.05) is 12.1 Å². The number of nitrogens with zero attached hydrogens (tertiary/aromatic N) is 2. The second-order valence-corrected chi connectivity index (χ2v) is 6.14.